The van der Waals surface area contributed by atoms with E-state index in [9.17, 15) is 4.79 Å². The molecule has 0 saturated carbocycles. The van der Waals surface area contributed by atoms with Gasteiger partial charge < -0.3 is 4.74 Å². The number of carbonyl (C=O) groups excluding carboxylic acids is 1. The zero-order valence-electron chi connectivity index (χ0n) is 5.80. The maximum absolute atomic E-state index is 10.7. The summed E-state index contributed by atoms with van der Waals surface area (Å²) >= 11 is 0. The Morgan fingerprint density at radius 3 is 3.10 bits per heavy atom. The molecule has 0 bridgehead atoms. The Balaban J connectivity index is 2.17. The fourth-order valence-electron chi connectivity index (χ4n) is 1.07. The number of ether oxygens (including phenoxy) is 1. The minimum absolute atomic E-state index is 0.101. The van der Waals surface area contributed by atoms with Crippen LogP contribution in [0.25, 0.3) is 0 Å². The summed E-state index contributed by atoms with van der Waals surface area (Å²) in [6.45, 7) is 1.48. The summed E-state index contributed by atoms with van der Waals surface area (Å²) in [5.41, 5.74) is 2.10. The molecule has 0 aliphatic carbocycles. The Hall–Kier alpha value is -0.610. The van der Waals surface area contributed by atoms with Crippen LogP contribution in [0.4, 0.5) is 0 Å². The van der Waals surface area contributed by atoms with Crippen LogP contribution in [-0.4, -0.2) is 19.1 Å². The normalized spacial score (nSPS) is 24.7. The monoisotopic (exact) mass is 144 g/mol. The van der Waals surface area contributed by atoms with Crippen molar-refractivity contribution in [3.63, 3.8) is 0 Å². The highest BCUT2D eigenvalue weighted by Gasteiger charge is 2.18. The van der Waals surface area contributed by atoms with Gasteiger partial charge in [-0.2, -0.15) is 0 Å². The van der Waals surface area contributed by atoms with Crippen molar-refractivity contribution in [3.05, 3.63) is 0 Å². The summed E-state index contributed by atoms with van der Waals surface area (Å²) in [6, 6.07) is 0. The van der Waals surface area contributed by atoms with E-state index in [0.717, 1.165) is 13.0 Å². The number of hydrogen-bond acceptors (Lipinski definition) is 3. The van der Waals surface area contributed by atoms with Crippen molar-refractivity contribution in [3.8, 4) is 0 Å². The highest BCUT2D eigenvalue weighted by atomic mass is 16.5. The first-order valence-electron chi connectivity index (χ1n) is 3.40. The molecule has 58 valence electrons. The third kappa shape index (κ3) is 1.97. The van der Waals surface area contributed by atoms with E-state index in [0.29, 0.717) is 18.9 Å². The van der Waals surface area contributed by atoms with Crippen molar-refractivity contribution in [1.82, 2.24) is 5.43 Å². The minimum Gasteiger partial charge on any atom is -0.381 e. The first-order valence-corrected chi connectivity index (χ1v) is 3.40. The molecule has 10 heavy (non-hydrogen) atoms. The Bertz CT molecular complexity index is 121. The molecule has 4 heteroatoms. The molecule has 0 aromatic carbocycles. The molecule has 1 amide bonds. The predicted octanol–water partition coefficient (Wildman–Crippen LogP) is -0.597. The summed E-state index contributed by atoms with van der Waals surface area (Å²) < 4.78 is 5.08. The molecule has 0 aromatic heterocycles. The van der Waals surface area contributed by atoms with Gasteiger partial charge in [0.1, 0.15) is 0 Å². The first kappa shape index (κ1) is 7.50. The third-order valence-electron chi connectivity index (χ3n) is 1.66. The smallest absolute Gasteiger partial charge is 0.234 e. The van der Waals surface area contributed by atoms with Crippen LogP contribution in [0.15, 0.2) is 0 Å². The van der Waals surface area contributed by atoms with E-state index < -0.39 is 0 Å². The second-order valence-electron chi connectivity index (χ2n) is 2.50. The molecule has 1 unspecified atom stereocenters. The molecule has 1 rings (SSSR count). The number of carbonyl (C=O) groups is 1. The topological polar surface area (TPSA) is 64.3 Å². The number of amides is 1. The van der Waals surface area contributed by atoms with E-state index in [2.05, 4.69) is 5.43 Å². The standard InChI is InChI=1S/C6H12N2O2/c7-8-6(9)3-5-1-2-10-4-5/h5H,1-4,7H2,(H,8,9). The van der Waals surface area contributed by atoms with Crippen molar-refractivity contribution in [2.45, 2.75) is 12.8 Å². The van der Waals surface area contributed by atoms with Crippen LogP contribution in [-0.2, 0) is 9.53 Å². The molecule has 0 aromatic rings. The minimum atomic E-state index is -0.101. The number of nitrogens with one attached hydrogen (secondary N) is 1. The maximum Gasteiger partial charge on any atom is 0.234 e. The van der Waals surface area contributed by atoms with Crippen LogP contribution in [0.2, 0.25) is 0 Å². The molecule has 4 nitrogen and oxygen atoms in total. The van der Waals surface area contributed by atoms with Crippen molar-refractivity contribution in [1.29, 1.82) is 0 Å². The summed E-state index contributed by atoms with van der Waals surface area (Å²) in [5, 5.41) is 0. The fourth-order valence-corrected chi connectivity index (χ4v) is 1.07. The number of rotatable bonds is 2. The highest BCUT2D eigenvalue weighted by molar-refractivity contribution is 5.75. The van der Waals surface area contributed by atoms with Gasteiger partial charge in [0.05, 0.1) is 0 Å². The van der Waals surface area contributed by atoms with Gasteiger partial charge in [-0.1, -0.05) is 0 Å². The summed E-state index contributed by atoms with van der Waals surface area (Å²) in [4.78, 5) is 10.7. The SMILES string of the molecule is NNC(=O)CC1CCOC1. The van der Waals surface area contributed by atoms with Gasteiger partial charge in [0.15, 0.2) is 0 Å². The number of hydrazine groups is 1. The Morgan fingerprint density at radius 2 is 2.60 bits per heavy atom. The van der Waals surface area contributed by atoms with Crippen LogP contribution in [0, 0.1) is 5.92 Å². The van der Waals surface area contributed by atoms with Gasteiger partial charge in [0.2, 0.25) is 5.91 Å². The molecular formula is C6H12N2O2. The van der Waals surface area contributed by atoms with Gasteiger partial charge in [-0.25, -0.2) is 5.84 Å². The molecule has 1 saturated heterocycles. The van der Waals surface area contributed by atoms with Gasteiger partial charge in [0.25, 0.3) is 0 Å². The Labute approximate surface area is 59.7 Å². The van der Waals surface area contributed by atoms with E-state index in [-0.39, 0.29) is 5.91 Å². The summed E-state index contributed by atoms with van der Waals surface area (Å²) in [5.74, 6) is 5.19. The van der Waals surface area contributed by atoms with E-state index in [1.807, 2.05) is 0 Å². The third-order valence-corrected chi connectivity index (χ3v) is 1.66. The van der Waals surface area contributed by atoms with Gasteiger partial charge in [-0.05, 0) is 12.3 Å². The Morgan fingerprint density at radius 1 is 1.80 bits per heavy atom. The van der Waals surface area contributed by atoms with Crippen molar-refractivity contribution in [2.24, 2.45) is 11.8 Å². The lowest BCUT2D eigenvalue weighted by atomic mass is 10.1. The second-order valence-corrected chi connectivity index (χ2v) is 2.50. The van der Waals surface area contributed by atoms with Gasteiger partial charge in [-0.15, -0.1) is 0 Å². The molecule has 0 radical (unpaired) electrons. The van der Waals surface area contributed by atoms with Crippen LogP contribution in [0.1, 0.15) is 12.8 Å². The molecule has 0 spiro atoms. The molecule has 3 N–H and O–H groups in total. The van der Waals surface area contributed by atoms with E-state index in [1.165, 1.54) is 0 Å². The first-order chi connectivity index (χ1) is 4.83. The zero-order chi connectivity index (χ0) is 7.40. The van der Waals surface area contributed by atoms with Crippen molar-refractivity contribution in [2.75, 3.05) is 13.2 Å². The predicted molar refractivity (Wildman–Crippen MR) is 35.9 cm³/mol. The molecule has 1 heterocycles. The van der Waals surface area contributed by atoms with Crippen LogP contribution in [0.3, 0.4) is 0 Å². The zero-order valence-corrected chi connectivity index (χ0v) is 5.80. The van der Waals surface area contributed by atoms with E-state index in [1.54, 1.807) is 0 Å². The highest BCUT2D eigenvalue weighted by Crippen LogP contribution is 2.15. The van der Waals surface area contributed by atoms with E-state index >= 15 is 0 Å². The summed E-state index contributed by atoms with van der Waals surface area (Å²) in [7, 11) is 0. The van der Waals surface area contributed by atoms with Crippen molar-refractivity contribution >= 4 is 5.91 Å². The lowest BCUT2D eigenvalue weighted by Crippen LogP contribution is -2.31. The van der Waals surface area contributed by atoms with Gasteiger partial charge in [0, 0.05) is 19.6 Å². The lowest BCUT2D eigenvalue weighted by Gasteiger charge is -2.03. The van der Waals surface area contributed by atoms with E-state index in [4.69, 9.17) is 10.6 Å². The maximum atomic E-state index is 10.7. The van der Waals surface area contributed by atoms with Crippen molar-refractivity contribution < 1.29 is 9.53 Å². The second kappa shape index (κ2) is 3.53. The van der Waals surface area contributed by atoms with Crippen LogP contribution >= 0.6 is 0 Å². The molecule has 1 atom stereocenters. The molecule has 1 aliphatic rings. The summed E-state index contributed by atoms with van der Waals surface area (Å²) in [6.07, 6.45) is 1.48. The molecule has 1 fully saturated rings. The fraction of sp³-hybridized carbons (Fsp3) is 0.833. The quantitative estimate of drug-likeness (QED) is 0.309. The van der Waals surface area contributed by atoms with Gasteiger partial charge >= 0.3 is 0 Å². The average molecular weight is 144 g/mol. The largest absolute Gasteiger partial charge is 0.381 e. The molecule has 1 aliphatic heterocycles. The van der Waals surface area contributed by atoms with Gasteiger partial charge in [-0.3, -0.25) is 10.2 Å². The van der Waals surface area contributed by atoms with Crippen LogP contribution < -0.4 is 11.3 Å². The molecular weight excluding hydrogens is 132 g/mol. The Kier molecular flexibility index (Phi) is 2.65. The number of hydrogen-bond donors (Lipinski definition) is 2. The average Bonchev–Trinajstić information content (AvgIpc) is 2.40. The number of nitrogens with two attached hydrogens (primary N) is 1. The lowest BCUT2D eigenvalue weighted by molar-refractivity contribution is -0.122. The van der Waals surface area contributed by atoms with Crippen LogP contribution in [0.5, 0.6) is 0 Å².